The lowest BCUT2D eigenvalue weighted by Crippen LogP contribution is -2.20. The van der Waals surface area contributed by atoms with Gasteiger partial charge in [0.2, 0.25) is 0 Å². The Labute approximate surface area is 130 Å². The molecule has 0 aromatic heterocycles. The molecule has 2 N–H and O–H groups in total. The molecule has 0 bridgehead atoms. The Kier molecular flexibility index (Phi) is 5.94. The van der Waals surface area contributed by atoms with Gasteiger partial charge in [-0.15, -0.1) is 0 Å². The first kappa shape index (κ1) is 16.0. The average Bonchev–Trinajstić information content (AvgIpc) is 2.52. The van der Waals surface area contributed by atoms with Gasteiger partial charge in [-0.05, 0) is 23.8 Å². The van der Waals surface area contributed by atoms with Gasteiger partial charge in [-0.25, -0.2) is 4.79 Å². The van der Waals surface area contributed by atoms with Gasteiger partial charge in [-0.3, -0.25) is 0 Å². The fourth-order valence-electron chi connectivity index (χ4n) is 2.06. The van der Waals surface area contributed by atoms with Crippen molar-refractivity contribution in [2.45, 2.75) is 13.2 Å². The molecule has 0 heterocycles. The van der Waals surface area contributed by atoms with Gasteiger partial charge in [0.05, 0.1) is 13.2 Å². The second kappa shape index (κ2) is 8.17. The number of urea groups is 1. The summed E-state index contributed by atoms with van der Waals surface area (Å²) in [4.78, 5) is 12.1. The standard InChI is InChI=1S/C17H20N2O3/c1-21-11-13-7-9-15(10-8-13)18-17(20)19-16-6-4-3-5-14(16)12-22-2/h3-10H,11-12H2,1-2H3,(H2,18,19,20). The number of amides is 2. The minimum atomic E-state index is -0.289. The van der Waals surface area contributed by atoms with Gasteiger partial charge in [0.1, 0.15) is 0 Å². The SMILES string of the molecule is COCc1ccc(NC(=O)Nc2ccccc2COC)cc1. The summed E-state index contributed by atoms with van der Waals surface area (Å²) >= 11 is 0. The van der Waals surface area contributed by atoms with Crippen LogP contribution in [0.2, 0.25) is 0 Å². The number of benzene rings is 2. The van der Waals surface area contributed by atoms with Gasteiger partial charge in [0, 0.05) is 31.2 Å². The number of rotatable bonds is 6. The third kappa shape index (κ3) is 4.58. The molecule has 5 nitrogen and oxygen atoms in total. The van der Waals surface area contributed by atoms with Crippen molar-refractivity contribution in [2.75, 3.05) is 24.9 Å². The molecule has 22 heavy (non-hydrogen) atoms. The Balaban J connectivity index is 1.98. The van der Waals surface area contributed by atoms with Gasteiger partial charge in [0.25, 0.3) is 0 Å². The number of para-hydroxylation sites is 1. The van der Waals surface area contributed by atoms with Crippen molar-refractivity contribution >= 4 is 17.4 Å². The highest BCUT2D eigenvalue weighted by atomic mass is 16.5. The largest absolute Gasteiger partial charge is 0.380 e. The normalized spacial score (nSPS) is 10.3. The molecule has 5 heteroatoms. The zero-order valence-electron chi connectivity index (χ0n) is 12.8. The molecule has 116 valence electrons. The summed E-state index contributed by atoms with van der Waals surface area (Å²) in [6.45, 7) is 0.999. The van der Waals surface area contributed by atoms with Crippen molar-refractivity contribution in [3.63, 3.8) is 0 Å². The van der Waals surface area contributed by atoms with Crippen LogP contribution in [-0.2, 0) is 22.7 Å². The summed E-state index contributed by atoms with van der Waals surface area (Å²) < 4.78 is 10.2. The lowest BCUT2D eigenvalue weighted by Gasteiger charge is -2.11. The molecule has 2 aromatic rings. The molecule has 0 spiro atoms. The van der Waals surface area contributed by atoms with E-state index >= 15 is 0 Å². The van der Waals surface area contributed by atoms with Crippen LogP contribution in [-0.4, -0.2) is 20.3 Å². The van der Waals surface area contributed by atoms with Crippen LogP contribution in [0.5, 0.6) is 0 Å². The minimum Gasteiger partial charge on any atom is -0.380 e. The molecular formula is C17H20N2O3. The molecule has 2 aromatic carbocycles. The maximum atomic E-state index is 12.1. The van der Waals surface area contributed by atoms with Crippen LogP contribution in [0.4, 0.5) is 16.2 Å². The highest BCUT2D eigenvalue weighted by Gasteiger charge is 2.06. The predicted octanol–water partition coefficient (Wildman–Crippen LogP) is 3.62. The Morgan fingerprint density at radius 2 is 1.59 bits per heavy atom. The van der Waals surface area contributed by atoms with Gasteiger partial charge in [-0.1, -0.05) is 30.3 Å². The zero-order valence-corrected chi connectivity index (χ0v) is 12.8. The quantitative estimate of drug-likeness (QED) is 0.856. The lowest BCUT2D eigenvalue weighted by molar-refractivity contribution is 0.185. The molecule has 0 radical (unpaired) electrons. The molecule has 2 amide bonds. The number of carbonyl (C=O) groups excluding carboxylic acids is 1. The van der Waals surface area contributed by atoms with E-state index in [-0.39, 0.29) is 6.03 Å². The summed E-state index contributed by atoms with van der Waals surface area (Å²) in [6, 6.07) is 14.8. The van der Waals surface area contributed by atoms with Crippen LogP contribution < -0.4 is 10.6 Å². The molecule has 0 saturated heterocycles. The summed E-state index contributed by atoms with van der Waals surface area (Å²) in [7, 11) is 3.27. The molecule has 0 aliphatic rings. The molecular weight excluding hydrogens is 280 g/mol. The predicted molar refractivity (Wildman–Crippen MR) is 87.0 cm³/mol. The number of carbonyl (C=O) groups is 1. The van der Waals surface area contributed by atoms with Crippen molar-refractivity contribution in [3.8, 4) is 0 Å². The molecule has 2 rings (SSSR count). The number of ether oxygens (including phenoxy) is 2. The van der Waals surface area contributed by atoms with E-state index in [0.29, 0.717) is 13.2 Å². The lowest BCUT2D eigenvalue weighted by atomic mass is 10.2. The first-order valence-corrected chi connectivity index (χ1v) is 6.95. The van der Waals surface area contributed by atoms with E-state index in [1.807, 2.05) is 48.5 Å². The van der Waals surface area contributed by atoms with Crippen LogP contribution in [0.15, 0.2) is 48.5 Å². The molecule has 0 aliphatic carbocycles. The van der Waals surface area contributed by atoms with Crippen LogP contribution in [0.25, 0.3) is 0 Å². The zero-order chi connectivity index (χ0) is 15.8. The highest BCUT2D eigenvalue weighted by Crippen LogP contribution is 2.17. The third-order valence-electron chi connectivity index (χ3n) is 3.09. The van der Waals surface area contributed by atoms with E-state index in [2.05, 4.69) is 10.6 Å². The van der Waals surface area contributed by atoms with E-state index < -0.39 is 0 Å². The highest BCUT2D eigenvalue weighted by molar-refractivity contribution is 6.00. The van der Waals surface area contributed by atoms with E-state index in [1.165, 1.54) is 0 Å². The maximum Gasteiger partial charge on any atom is 0.323 e. The van der Waals surface area contributed by atoms with E-state index in [1.54, 1.807) is 14.2 Å². The smallest absolute Gasteiger partial charge is 0.323 e. The number of methoxy groups -OCH3 is 2. The summed E-state index contributed by atoms with van der Waals surface area (Å²) in [6.07, 6.45) is 0. The summed E-state index contributed by atoms with van der Waals surface area (Å²) in [5.41, 5.74) is 3.44. The Morgan fingerprint density at radius 1 is 0.909 bits per heavy atom. The maximum absolute atomic E-state index is 12.1. The topological polar surface area (TPSA) is 59.6 Å². The number of anilines is 2. The Morgan fingerprint density at radius 3 is 2.27 bits per heavy atom. The molecule has 0 fully saturated rings. The molecule has 0 saturated carbocycles. The van der Waals surface area contributed by atoms with E-state index in [0.717, 1.165) is 22.5 Å². The van der Waals surface area contributed by atoms with Crippen molar-refractivity contribution in [3.05, 3.63) is 59.7 Å². The van der Waals surface area contributed by atoms with Crippen molar-refractivity contribution in [2.24, 2.45) is 0 Å². The van der Waals surface area contributed by atoms with Crippen LogP contribution >= 0.6 is 0 Å². The van der Waals surface area contributed by atoms with Crippen LogP contribution in [0.3, 0.4) is 0 Å². The third-order valence-corrected chi connectivity index (χ3v) is 3.09. The average molecular weight is 300 g/mol. The van der Waals surface area contributed by atoms with Gasteiger partial charge in [0.15, 0.2) is 0 Å². The number of hydrogen-bond acceptors (Lipinski definition) is 3. The van der Waals surface area contributed by atoms with Crippen molar-refractivity contribution < 1.29 is 14.3 Å². The Bertz CT molecular complexity index is 612. The monoisotopic (exact) mass is 300 g/mol. The fourth-order valence-corrected chi connectivity index (χ4v) is 2.06. The van der Waals surface area contributed by atoms with Crippen LogP contribution in [0, 0.1) is 0 Å². The first-order valence-electron chi connectivity index (χ1n) is 6.95. The van der Waals surface area contributed by atoms with Crippen molar-refractivity contribution in [1.82, 2.24) is 0 Å². The second-order valence-electron chi connectivity index (χ2n) is 4.80. The first-order chi connectivity index (χ1) is 10.7. The molecule has 0 atom stereocenters. The van der Waals surface area contributed by atoms with Crippen molar-refractivity contribution in [1.29, 1.82) is 0 Å². The fraction of sp³-hybridized carbons (Fsp3) is 0.235. The van der Waals surface area contributed by atoms with E-state index in [4.69, 9.17) is 9.47 Å². The van der Waals surface area contributed by atoms with E-state index in [9.17, 15) is 4.79 Å². The number of hydrogen-bond donors (Lipinski definition) is 2. The second-order valence-corrected chi connectivity index (χ2v) is 4.80. The summed E-state index contributed by atoms with van der Waals surface area (Å²) in [5, 5.41) is 5.63. The molecule has 0 aliphatic heterocycles. The van der Waals surface area contributed by atoms with Crippen LogP contribution in [0.1, 0.15) is 11.1 Å². The van der Waals surface area contributed by atoms with Gasteiger partial charge < -0.3 is 20.1 Å². The Hall–Kier alpha value is -2.37. The number of nitrogens with one attached hydrogen (secondary N) is 2. The van der Waals surface area contributed by atoms with Gasteiger partial charge >= 0.3 is 6.03 Å². The summed E-state index contributed by atoms with van der Waals surface area (Å²) in [5.74, 6) is 0. The molecule has 0 unspecified atom stereocenters. The minimum absolute atomic E-state index is 0.289. The van der Waals surface area contributed by atoms with Gasteiger partial charge in [-0.2, -0.15) is 0 Å².